The van der Waals surface area contributed by atoms with Crippen LogP contribution in [0.15, 0.2) is 48.5 Å². The average Bonchev–Trinajstić information content (AvgIpc) is 3.19. The number of piperidine rings is 1. The van der Waals surface area contributed by atoms with Crippen molar-refractivity contribution in [1.82, 2.24) is 10.2 Å². The third-order valence-electron chi connectivity index (χ3n) is 7.22. The van der Waals surface area contributed by atoms with Gasteiger partial charge in [-0.3, -0.25) is 9.59 Å². The quantitative estimate of drug-likeness (QED) is 0.540. The van der Waals surface area contributed by atoms with Crippen molar-refractivity contribution in [3.05, 3.63) is 59.7 Å². The molecule has 1 aliphatic carbocycles. The van der Waals surface area contributed by atoms with E-state index in [-0.39, 0.29) is 43.2 Å². The van der Waals surface area contributed by atoms with Gasteiger partial charge >= 0.3 is 12.1 Å². The number of ether oxygens (including phenoxy) is 1. The summed E-state index contributed by atoms with van der Waals surface area (Å²) in [6.07, 6.45) is 2.88. The van der Waals surface area contributed by atoms with Crippen LogP contribution in [0.3, 0.4) is 0 Å². The minimum absolute atomic E-state index is 0.00387. The number of aliphatic carboxylic acids is 1. The molecule has 7 nitrogen and oxygen atoms in total. The van der Waals surface area contributed by atoms with E-state index in [9.17, 15) is 14.4 Å². The van der Waals surface area contributed by atoms with Crippen LogP contribution < -0.4 is 5.32 Å². The number of amides is 2. The summed E-state index contributed by atoms with van der Waals surface area (Å²) in [5.41, 5.74) is 4.67. The van der Waals surface area contributed by atoms with Gasteiger partial charge in [0.2, 0.25) is 5.91 Å². The van der Waals surface area contributed by atoms with E-state index in [1.54, 1.807) is 0 Å². The summed E-state index contributed by atoms with van der Waals surface area (Å²) >= 11 is 0. The van der Waals surface area contributed by atoms with Crippen LogP contribution in [-0.2, 0) is 14.3 Å². The Morgan fingerprint density at radius 1 is 1.09 bits per heavy atom. The number of rotatable bonds is 9. The van der Waals surface area contributed by atoms with Crippen molar-refractivity contribution in [2.45, 2.75) is 57.4 Å². The summed E-state index contributed by atoms with van der Waals surface area (Å²) in [6, 6.07) is 16.1. The van der Waals surface area contributed by atoms with Gasteiger partial charge in [-0.05, 0) is 53.9 Å². The van der Waals surface area contributed by atoms with Crippen LogP contribution in [-0.4, -0.2) is 53.7 Å². The van der Waals surface area contributed by atoms with E-state index in [0.29, 0.717) is 25.9 Å². The van der Waals surface area contributed by atoms with E-state index in [1.807, 2.05) is 36.1 Å². The number of likely N-dealkylation sites (tertiary alicyclic amines) is 1. The fraction of sp³-hybridized carbons (Fsp3) is 0.464. The molecule has 2 amide bonds. The van der Waals surface area contributed by atoms with E-state index in [4.69, 9.17) is 9.84 Å². The first-order chi connectivity index (χ1) is 17.0. The van der Waals surface area contributed by atoms with E-state index in [0.717, 1.165) is 24.0 Å². The van der Waals surface area contributed by atoms with E-state index >= 15 is 0 Å². The lowest BCUT2D eigenvalue weighted by atomic mass is 9.93. The van der Waals surface area contributed by atoms with Gasteiger partial charge in [0.1, 0.15) is 6.61 Å². The van der Waals surface area contributed by atoms with Gasteiger partial charge < -0.3 is 20.1 Å². The van der Waals surface area contributed by atoms with Gasteiger partial charge in [0.25, 0.3) is 0 Å². The summed E-state index contributed by atoms with van der Waals surface area (Å²) in [6.45, 7) is 3.45. The Morgan fingerprint density at radius 2 is 1.74 bits per heavy atom. The summed E-state index contributed by atoms with van der Waals surface area (Å²) in [4.78, 5) is 38.2. The number of carboxylic acids is 1. The maximum atomic E-state index is 12.9. The van der Waals surface area contributed by atoms with Crippen LogP contribution >= 0.6 is 0 Å². The first-order valence-electron chi connectivity index (χ1n) is 12.6. The largest absolute Gasteiger partial charge is 0.481 e. The highest BCUT2D eigenvalue weighted by Gasteiger charge is 2.30. The van der Waals surface area contributed by atoms with Gasteiger partial charge in [-0.1, -0.05) is 55.5 Å². The van der Waals surface area contributed by atoms with Crippen molar-refractivity contribution in [2.24, 2.45) is 5.92 Å². The van der Waals surface area contributed by atoms with Crippen LogP contribution in [0.5, 0.6) is 0 Å². The molecule has 0 aromatic heterocycles. The summed E-state index contributed by atoms with van der Waals surface area (Å²) in [7, 11) is 0. The molecule has 1 fully saturated rings. The smallest absolute Gasteiger partial charge is 0.407 e. The maximum Gasteiger partial charge on any atom is 0.407 e. The topological polar surface area (TPSA) is 95.9 Å². The molecule has 2 aromatic rings. The minimum atomic E-state index is -0.799. The number of nitrogens with zero attached hydrogens (tertiary/aromatic N) is 1. The van der Waals surface area contributed by atoms with Crippen LogP contribution in [0.25, 0.3) is 11.1 Å². The molecule has 2 aliphatic rings. The Hall–Kier alpha value is -3.35. The zero-order chi connectivity index (χ0) is 24.8. The second-order valence-corrected chi connectivity index (χ2v) is 9.56. The number of hydrogen-bond acceptors (Lipinski definition) is 4. The zero-order valence-corrected chi connectivity index (χ0v) is 20.2. The number of carboxylic acid groups (broad SMARTS) is 1. The number of carbonyl (C=O) groups is 3. The molecule has 2 atom stereocenters. The molecule has 4 rings (SSSR count). The Balaban J connectivity index is 1.29. The Kier molecular flexibility index (Phi) is 8.06. The van der Waals surface area contributed by atoms with Crippen LogP contribution in [0.4, 0.5) is 4.79 Å². The zero-order valence-electron chi connectivity index (χ0n) is 20.2. The molecule has 0 saturated carbocycles. The lowest BCUT2D eigenvalue weighted by Gasteiger charge is -2.33. The molecule has 1 aliphatic heterocycles. The molecule has 186 valence electrons. The molecular formula is C28H34N2O5. The third kappa shape index (κ3) is 6.02. The highest BCUT2D eigenvalue weighted by molar-refractivity contribution is 5.79. The van der Waals surface area contributed by atoms with Gasteiger partial charge in [-0.2, -0.15) is 0 Å². The molecule has 1 unspecified atom stereocenters. The molecule has 35 heavy (non-hydrogen) atoms. The van der Waals surface area contributed by atoms with Crippen molar-refractivity contribution in [3.8, 4) is 11.1 Å². The number of fused-ring (bicyclic) bond motifs is 3. The van der Waals surface area contributed by atoms with Crippen LogP contribution in [0, 0.1) is 5.92 Å². The van der Waals surface area contributed by atoms with E-state index in [1.165, 1.54) is 11.1 Å². The second kappa shape index (κ2) is 11.4. The van der Waals surface area contributed by atoms with Crippen molar-refractivity contribution in [1.29, 1.82) is 0 Å². The standard InChI is InChI=1S/C28H34N2O5/c1-2-20(16-26(31)30-15-7-8-19(17-30)13-14-27(32)33)29-28(34)35-18-25-23-11-5-3-9-21(23)22-10-4-6-12-24(22)25/h3-6,9-12,19-20,25H,2,7-8,13-18H2,1H3,(H,29,34)(H,32,33)/t19?,20-/m1/s1. The van der Waals surface area contributed by atoms with Crippen molar-refractivity contribution >= 4 is 18.0 Å². The Bertz CT molecular complexity index is 1020. The third-order valence-corrected chi connectivity index (χ3v) is 7.22. The van der Waals surface area contributed by atoms with Crippen molar-refractivity contribution in [2.75, 3.05) is 19.7 Å². The van der Waals surface area contributed by atoms with E-state index in [2.05, 4.69) is 29.6 Å². The molecule has 2 aromatic carbocycles. The van der Waals surface area contributed by atoms with Crippen molar-refractivity contribution in [3.63, 3.8) is 0 Å². The summed E-state index contributed by atoms with van der Waals surface area (Å²) in [5.74, 6) is -0.590. The lowest BCUT2D eigenvalue weighted by Crippen LogP contribution is -2.44. The molecule has 0 bridgehead atoms. The van der Waals surface area contributed by atoms with E-state index < -0.39 is 12.1 Å². The fourth-order valence-electron chi connectivity index (χ4n) is 5.30. The summed E-state index contributed by atoms with van der Waals surface area (Å²) < 4.78 is 5.64. The highest BCUT2D eigenvalue weighted by atomic mass is 16.5. The molecular weight excluding hydrogens is 444 g/mol. The first-order valence-corrected chi connectivity index (χ1v) is 12.6. The van der Waals surface area contributed by atoms with Gasteiger partial charge in [0.05, 0.1) is 0 Å². The molecule has 0 radical (unpaired) electrons. The number of benzene rings is 2. The molecule has 0 spiro atoms. The minimum Gasteiger partial charge on any atom is -0.481 e. The SMILES string of the molecule is CC[C@H](CC(=O)N1CCCC(CCC(=O)O)C1)NC(=O)OCC1c2ccccc2-c2ccccc21. The molecule has 1 saturated heterocycles. The molecule has 7 heteroatoms. The number of hydrogen-bond donors (Lipinski definition) is 2. The average molecular weight is 479 g/mol. The number of nitrogens with one attached hydrogen (secondary N) is 1. The number of alkyl carbamates (subject to hydrolysis) is 1. The van der Waals surface area contributed by atoms with Gasteiger partial charge in [0.15, 0.2) is 0 Å². The first kappa shape index (κ1) is 24.8. The van der Waals surface area contributed by atoms with Gasteiger partial charge in [0, 0.05) is 37.9 Å². The normalized spacial score (nSPS) is 17.9. The molecule has 2 N–H and O–H groups in total. The Labute approximate surface area is 206 Å². The molecule has 1 heterocycles. The van der Waals surface area contributed by atoms with Crippen LogP contribution in [0.1, 0.15) is 62.5 Å². The fourth-order valence-corrected chi connectivity index (χ4v) is 5.30. The predicted octanol–water partition coefficient (Wildman–Crippen LogP) is 4.80. The monoisotopic (exact) mass is 478 g/mol. The number of carbonyl (C=O) groups excluding carboxylic acids is 2. The lowest BCUT2D eigenvalue weighted by molar-refractivity contribution is -0.137. The second-order valence-electron chi connectivity index (χ2n) is 9.56. The summed E-state index contributed by atoms with van der Waals surface area (Å²) in [5, 5.41) is 11.8. The highest BCUT2D eigenvalue weighted by Crippen LogP contribution is 2.44. The van der Waals surface area contributed by atoms with Crippen molar-refractivity contribution < 1.29 is 24.2 Å². The van der Waals surface area contributed by atoms with Gasteiger partial charge in [-0.15, -0.1) is 0 Å². The maximum absolute atomic E-state index is 12.9. The van der Waals surface area contributed by atoms with Crippen LogP contribution in [0.2, 0.25) is 0 Å². The Morgan fingerprint density at radius 3 is 2.37 bits per heavy atom. The van der Waals surface area contributed by atoms with Gasteiger partial charge in [-0.25, -0.2) is 4.79 Å². The predicted molar refractivity (Wildman–Crippen MR) is 133 cm³/mol.